The lowest BCUT2D eigenvalue weighted by Gasteiger charge is -2.16. The van der Waals surface area contributed by atoms with Crippen molar-refractivity contribution in [2.24, 2.45) is 0 Å². The van der Waals surface area contributed by atoms with E-state index in [1.807, 2.05) is 0 Å². The number of nitrogens with zero attached hydrogens (tertiary/aromatic N) is 1. The molecule has 0 unspecified atom stereocenters. The molecule has 1 fully saturated rings. The van der Waals surface area contributed by atoms with E-state index in [-0.39, 0.29) is 12.7 Å². The highest BCUT2D eigenvalue weighted by Gasteiger charge is 2.14. The molecule has 1 aliphatic carbocycles. The van der Waals surface area contributed by atoms with Crippen molar-refractivity contribution in [3.05, 3.63) is 22.8 Å². The van der Waals surface area contributed by atoms with Gasteiger partial charge in [0.25, 0.3) is 0 Å². The summed E-state index contributed by atoms with van der Waals surface area (Å²) in [7, 11) is 0. The van der Waals surface area contributed by atoms with Crippen molar-refractivity contribution in [1.82, 2.24) is 4.98 Å². The van der Waals surface area contributed by atoms with Gasteiger partial charge in [-0.3, -0.25) is 0 Å². The largest absolute Gasteiger partial charge is 0.474 e. The number of pyridine rings is 1. The standard InChI is InChI=1S/C13H18ClNO2/c14-12-8-15-13(7-10(12)9-16)17-11-5-3-1-2-4-6-11/h7-8,11,16H,1-6,9H2. The van der Waals surface area contributed by atoms with Crippen molar-refractivity contribution >= 4 is 11.6 Å². The Morgan fingerprint density at radius 2 is 2.00 bits per heavy atom. The highest BCUT2D eigenvalue weighted by atomic mass is 35.5. The summed E-state index contributed by atoms with van der Waals surface area (Å²) in [4.78, 5) is 4.15. The van der Waals surface area contributed by atoms with Gasteiger partial charge in [-0.2, -0.15) is 0 Å². The Morgan fingerprint density at radius 3 is 2.65 bits per heavy atom. The van der Waals surface area contributed by atoms with Gasteiger partial charge in [-0.05, 0) is 25.7 Å². The zero-order valence-electron chi connectivity index (χ0n) is 9.86. The van der Waals surface area contributed by atoms with E-state index in [9.17, 15) is 0 Å². The van der Waals surface area contributed by atoms with E-state index in [0.29, 0.717) is 16.5 Å². The quantitative estimate of drug-likeness (QED) is 0.843. The summed E-state index contributed by atoms with van der Waals surface area (Å²) in [5.41, 5.74) is 0.672. The Hall–Kier alpha value is -0.800. The lowest BCUT2D eigenvalue weighted by atomic mass is 10.1. The maximum atomic E-state index is 9.13. The lowest BCUT2D eigenvalue weighted by Crippen LogP contribution is -2.15. The first-order valence-corrected chi connectivity index (χ1v) is 6.59. The molecular formula is C13H18ClNO2. The van der Waals surface area contributed by atoms with Crippen LogP contribution in [0.5, 0.6) is 5.88 Å². The fourth-order valence-corrected chi connectivity index (χ4v) is 2.34. The molecule has 0 amide bonds. The number of aliphatic hydroxyl groups is 1. The molecule has 94 valence electrons. The predicted molar refractivity (Wildman–Crippen MR) is 67.3 cm³/mol. The Bertz CT molecular complexity index is 362. The average Bonchev–Trinajstić information content (AvgIpc) is 2.60. The van der Waals surface area contributed by atoms with Gasteiger partial charge in [-0.25, -0.2) is 4.98 Å². The van der Waals surface area contributed by atoms with Crippen LogP contribution in [-0.4, -0.2) is 16.2 Å². The molecule has 1 heterocycles. The van der Waals surface area contributed by atoms with Gasteiger partial charge in [0, 0.05) is 17.8 Å². The number of hydrogen-bond donors (Lipinski definition) is 1. The van der Waals surface area contributed by atoms with E-state index in [0.717, 1.165) is 12.8 Å². The average molecular weight is 256 g/mol. The van der Waals surface area contributed by atoms with Gasteiger partial charge < -0.3 is 9.84 Å². The second-order valence-corrected chi connectivity index (χ2v) is 4.91. The summed E-state index contributed by atoms with van der Waals surface area (Å²) in [6.45, 7) is -0.0810. The van der Waals surface area contributed by atoms with Gasteiger partial charge in [0.2, 0.25) is 5.88 Å². The second-order valence-electron chi connectivity index (χ2n) is 4.50. The fourth-order valence-electron chi connectivity index (χ4n) is 2.17. The summed E-state index contributed by atoms with van der Waals surface area (Å²) in [5, 5.41) is 9.61. The van der Waals surface area contributed by atoms with Crippen LogP contribution in [0.25, 0.3) is 0 Å². The third-order valence-corrected chi connectivity index (χ3v) is 3.51. The number of rotatable bonds is 3. The minimum Gasteiger partial charge on any atom is -0.474 e. The summed E-state index contributed by atoms with van der Waals surface area (Å²) in [6.07, 6.45) is 9.05. The van der Waals surface area contributed by atoms with Crippen LogP contribution in [0.2, 0.25) is 5.02 Å². The van der Waals surface area contributed by atoms with Crippen molar-refractivity contribution in [1.29, 1.82) is 0 Å². The number of aromatic nitrogens is 1. The Labute approximate surface area is 107 Å². The van der Waals surface area contributed by atoms with Crippen LogP contribution in [0.15, 0.2) is 12.3 Å². The molecule has 0 bridgehead atoms. The van der Waals surface area contributed by atoms with Gasteiger partial charge in [-0.15, -0.1) is 0 Å². The minimum atomic E-state index is -0.0810. The molecule has 0 saturated heterocycles. The van der Waals surface area contributed by atoms with E-state index in [4.69, 9.17) is 21.4 Å². The molecule has 0 spiro atoms. The molecule has 1 aliphatic rings. The predicted octanol–water partition coefficient (Wildman–Crippen LogP) is 3.33. The summed E-state index contributed by atoms with van der Waals surface area (Å²) in [5.74, 6) is 0.574. The molecular weight excluding hydrogens is 238 g/mol. The molecule has 0 aromatic carbocycles. The number of hydrogen-bond acceptors (Lipinski definition) is 3. The molecule has 0 radical (unpaired) electrons. The van der Waals surface area contributed by atoms with Crippen LogP contribution >= 0.6 is 11.6 Å². The maximum absolute atomic E-state index is 9.13. The molecule has 4 heteroatoms. The van der Waals surface area contributed by atoms with Crippen LogP contribution in [0.4, 0.5) is 0 Å². The molecule has 1 N–H and O–H groups in total. The molecule has 1 aromatic rings. The Kier molecular flexibility index (Phi) is 4.63. The van der Waals surface area contributed by atoms with Crippen LogP contribution in [0.3, 0.4) is 0 Å². The van der Waals surface area contributed by atoms with E-state index in [1.165, 1.54) is 25.7 Å². The first-order chi connectivity index (χ1) is 8.29. The van der Waals surface area contributed by atoms with Crippen LogP contribution in [0, 0.1) is 0 Å². The first kappa shape index (κ1) is 12.7. The molecule has 2 rings (SSSR count). The van der Waals surface area contributed by atoms with Gasteiger partial charge in [0.1, 0.15) is 6.10 Å². The highest BCUT2D eigenvalue weighted by Crippen LogP contribution is 2.24. The molecule has 3 nitrogen and oxygen atoms in total. The molecule has 17 heavy (non-hydrogen) atoms. The minimum absolute atomic E-state index is 0.0810. The SMILES string of the molecule is OCc1cc(OC2CCCCCC2)ncc1Cl. The van der Waals surface area contributed by atoms with Crippen molar-refractivity contribution in [2.45, 2.75) is 51.2 Å². The van der Waals surface area contributed by atoms with Crippen LogP contribution < -0.4 is 4.74 Å². The van der Waals surface area contributed by atoms with E-state index in [1.54, 1.807) is 12.3 Å². The third-order valence-electron chi connectivity index (χ3n) is 3.17. The van der Waals surface area contributed by atoms with Crippen molar-refractivity contribution in [3.8, 4) is 5.88 Å². The lowest BCUT2D eigenvalue weighted by molar-refractivity contribution is 0.175. The number of ether oxygens (including phenoxy) is 1. The first-order valence-electron chi connectivity index (χ1n) is 6.21. The second kappa shape index (κ2) is 6.22. The smallest absolute Gasteiger partial charge is 0.213 e. The van der Waals surface area contributed by atoms with Crippen LogP contribution in [-0.2, 0) is 6.61 Å². The zero-order chi connectivity index (χ0) is 12.1. The van der Waals surface area contributed by atoms with Gasteiger partial charge >= 0.3 is 0 Å². The zero-order valence-corrected chi connectivity index (χ0v) is 10.6. The van der Waals surface area contributed by atoms with Crippen LogP contribution in [0.1, 0.15) is 44.1 Å². The van der Waals surface area contributed by atoms with Gasteiger partial charge in [-0.1, -0.05) is 24.4 Å². The van der Waals surface area contributed by atoms with Crippen molar-refractivity contribution in [2.75, 3.05) is 0 Å². The topological polar surface area (TPSA) is 42.4 Å². The molecule has 1 saturated carbocycles. The Balaban J connectivity index is 2.01. The number of aliphatic hydroxyl groups excluding tert-OH is 1. The normalized spacial score (nSPS) is 17.8. The van der Waals surface area contributed by atoms with Crippen molar-refractivity contribution < 1.29 is 9.84 Å². The fraction of sp³-hybridized carbons (Fsp3) is 0.615. The summed E-state index contributed by atoms with van der Waals surface area (Å²) >= 11 is 5.89. The molecule has 0 atom stereocenters. The van der Waals surface area contributed by atoms with E-state index < -0.39 is 0 Å². The summed E-state index contributed by atoms with van der Waals surface area (Å²) < 4.78 is 5.85. The Morgan fingerprint density at radius 1 is 1.29 bits per heavy atom. The third kappa shape index (κ3) is 3.58. The monoisotopic (exact) mass is 255 g/mol. The van der Waals surface area contributed by atoms with Crippen molar-refractivity contribution in [3.63, 3.8) is 0 Å². The summed E-state index contributed by atoms with van der Waals surface area (Å²) in [6, 6.07) is 1.73. The highest BCUT2D eigenvalue weighted by molar-refractivity contribution is 6.31. The molecule has 0 aliphatic heterocycles. The van der Waals surface area contributed by atoms with E-state index in [2.05, 4.69) is 4.98 Å². The maximum Gasteiger partial charge on any atom is 0.213 e. The molecule has 1 aromatic heterocycles. The van der Waals surface area contributed by atoms with Gasteiger partial charge in [0.15, 0.2) is 0 Å². The van der Waals surface area contributed by atoms with Gasteiger partial charge in [0.05, 0.1) is 11.6 Å². The van der Waals surface area contributed by atoms with E-state index >= 15 is 0 Å². The number of halogens is 1.